The standard InChI is InChI=1S/C56H56F2N10O7/c1-3-38-43(57)12-7-33-5-4-6-40(46(33)38)48-47(58)49-42(25-60-48)50(66-27-35-8-9-36(28-66)61-35)64-54(63-49)75-30-56-19-15-37(67(56)26-31(2)24-56)29-74-55(73)65-21-17-32(18-22-65)16-20-59-34-10-11-39-41(23-34)53(72)68(52(39)71)44-13-14-45(69)62-51(44)70/h1,4-7,10-12,23,25,32,35-37,44,59,61H,2,8-9,13-22,24,26-30H2,(H,62,69,70)/t35?,36?,37-,44?,56-/m0/s1. The Morgan fingerprint density at radius 3 is 2.53 bits per heavy atom. The summed E-state index contributed by atoms with van der Waals surface area (Å²) in [6, 6.07) is 12.6. The van der Waals surface area contributed by atoms with E-state index in [4.69, 9.17) is 25.9 Å². The molecule has 75 heavy (non-hydrogen) atoms. The topological polar surface area (TPSA) is 192 Å². The minimum absolute atomic E-state index is 0.00848. The molecule has 6 fully saturated rings. The quantitative estimate of drug-likeness (QED) is 0.0713. The van der Waals surface area contributed by atoms with Gasteiger partial charge in [0.1, 0.15) is 42.1 Å². The number of likely N-dealkylation sites (tertiary alicyclic amines) is 1. The van der Waals surface area contributed by atoms with E-state index < -0.39 is 46.8 Å². The van der Waals surface area contributed by atoms with Crippen LogP contribution in [0.1, 0.15) is 90.5 Å². The van der Waals surface area contributed by atoms with Crippen molar-refractivity contribution in [3.8, 4) is 29.6 Å². The summed E-state index contributed by atoms with van der Waals surface area (Å²) in [6.07, 6.45) is 13.9. The lowest BCUT2D eigenvalue weighted by Crippen LogP contribution is -2.54. The molecule has 2 aromatic heterocycles. The van der Waals surface area contributed by atoms with Crippen LogP contribution in [0.2, 0.25) is 0 Å². The van der Waals surface area contributed by atoms with Crippen LogP contribution in [-0.2, 0) is 14.3 Å². The van der Waals surface area contributed by atoms with Crippen LogP contribution in [0.25, 0.3) is 32.9 Å². The Kier molecular flexibility index (Phi) is 12.4. The van der Waals surface area contributed by atoms with Gasteiger partial charge in [0.15, 0.2) is 5.82 Å². The summed E-state index contributed by atoms with van der Waals surface area (Å²) >= 11 is 0. The minimum Gasteiger partial charge on any atom is -0.461 e. The SMILES string of the molecule is C#Cc1c(F)ccc2cccc(-c3ncc4c(N5CC6CCC(C5)N6)nc(OC[C@@]56CC[C@@H](COC(=O)N7CCC(CCNc8ccc9c(c8)C(=O)N(C8CCC(=O)NC8=O)C9=O)CC7)N5CC(=C)C6)nc4c3F)c12. The van der Waals surface area contributed by atoms with Gasteiger partial charge >= 0.3 is 12.1 Å². The van der Waals surface area contributed by atoms with E-state index in [0.717, 1.165) is 55.4 Å². The highest BCUT2D eigenvalue weighted by Gasteiger charge is 2.52. The van der Waals surface area contributed by atoms with Crippen LogP contribution in [0.5, 0.6) is 6.01 Å². The molecule has 6 saturated heterocycles. The Bertz CT molecular complexity index is 3270. The number of halogens is 2. The maximum Gasteiger partial charge on any atom is 0.409 e. The van der Waals surface area contributed by atoms with E-state index in [9.17, 15) is 24.0 Å². The number of nitrogens with one attached hydrogen (secondary N) is 3. The summed E-state index contributed by atoms with van der Waals surface area (Å²) in [7, 11) is 0. The Labute approximate surface area is 431 Å². The maximum absolute atomic E-state index is 17.2. The van der Waals surface area contributed by atoms with Gasteiger partial charge in [-0.1, -0.05) is 42.3 Å². The zero-order valence-electron chi connectivity index (χ0n) is 41.3. The highest BCUT2D eigenvalue weighted by Crippen LogP contribution is 2.45. The minimum atomic E-state index is -1.02. The smallest absolute Gasteiger partial charge is 0.409 e. The number of piperidine rings is 2. The summed E-state index contributed by atoms with van der Waals surface area (Å²) in [5, 5.41) is 10.7. The Morgan fingerprint density at radius 1 is 0.947 bits per heavy atom. The molecule has 5 amide bonds. The number of carbonyl (C=O) groups excluding carboxylic acids is 5. The molecular weight excluding hydrogens is 963 g/mol. The van der Waals surface area contributed by atoms with Crippen LogP contribution >= 0.6 is 0 Å². The molecule has 0 aliphatic carbocycles. The van der Waals surface area contributed by atoms with Gasteiger partial charge in [-0.15, -0.1) is 6.42 Å². The number of ether oxygens (including phenoxy) is 2. The van der Waals surface area contributed by atoms with Gasteiger partial charge < -0.3 is 29.9 Å². The number of fused-ring (bicyclic) bond motifs is 6. The van der Waals surface area contributed by atoms with Crippen LogP contribution in [0, 0.1) is 29.9 Å². The molecule has 5 aromatic rings. The molecule has 5 atom stereocenters. The first-order valence-corrected chi connectivity index (χ1v) is 26.0. The second-order valence-corrected chi connectivity index (χ2v) is 21.2. The average Bonchev–Trinajstić information content (AvgIpc) is 4.13. The first-order chi connectivity index (χ1) is 36.3. The number of benzene rings is 3. The molecule has 7 aliphatic heterocycles. The summed E-state index contributed by atoms with van der Waals surface area (Å²) < 4.78 is 44.9. The number of pyridine rings is 1. The summed E-state index contributed by atoms with van der Waals surface area (Å²) in [6.45, 7) is 8.48. The van der Waals surface area contributed by atoms with Gasteiger partial charge in [-0.25, -0.2) is 13.6 Å². The molecule has 386 valence electrons. The van der Waals surface area contributed by atoms with Crippen LogP contribution < -0.4 is 25.6 Å². The molecular formula is C56H56F2N10O7. The molecule has 7 aliphatic rings. The number of hydrogen-bond acceptors (Lipinski definition) is 14. The Morgan fingerprint density at radius 2 is 1.75 bits per heavy atom. The molecule has 0 radical (unpaired) electrons. The number of anilines is 2. The van der Waals surface area contributed by atoms with Crippen molar-refractivity contribution in [3.63, 3.8) is 0 Å². The van der Waals surface area contributed by atoms with Gasteiger partial charge in [0, 0.05) is 86.6 Å². The monoisotopic (exact) mass is 1020 g/mol. The second-order valence-electron chi connectivity index (χ2n) is 21.2. The van der Waals surface area contributed by atoms with Gasteiger partial charge in [0.25, 0.3) is 11.8 Å². The number of terminal acetylenes is 1. The third-order valence-corrected chi connectivity index (χ3v) is 16.6. The van der Waals surface area contributed by atoms with E-state index in [1.165, 1.54) is 6.07 Å². The molecule has 17 nitrogen and oxygen atoms in total. The van der Waals surface area contributed by atoms with Crippen molar-refractivity contribution < 1.29 is 42.2 Å². The highest BCUT2D eigenvalue weighted by molar-refractivity contribution is 6.23. The number of rotatable bonds is 12. The Balaban J connectivity index is 0.679. The number of hydrogen-bond donors (Lipinski definition) is 3. The largest absolute Gasteiger partial charge is 0.461 e. The summed E-state index contributed by atoms with van der Waals surface area (Å²) in [4.78, 5) is 85.6. The van der Waals surface area contributed by atoms with Crippen LogP contribution in [-0.4, -0.2) is 142 Å². The molecule has 12 rings (SSSR count). The van der Waals surface area contributed by atoms with Crippen molar-refractivity contribution in [1.29, 1.82) is 0 Å². The Hall–Kier alpha value is -7.56. The predicted molar refractivity (Wildman–Crippen MR) is 274 cm³/mol. The number of amides is 5. The lowest BCUT2D eigenvalue weighted by Gasteiger charge is -2.35. The van der Waals surface area contributed by atoms with Crippen molar-refractivity contribution in [3.05, 3.63) is 95.2 Å². The van der Waals surface area contributed by atoms with Crippen molar-refractivity contribution in [1.82, 2.24) is 40.3 Å². The van der Waals surface area contributed by atoms with E-state index in [1.54, 1.807) is 53.6 Å². The highest BCUT2D eigenvalue weighted by atomic mass is 19.1. The van der Waals surface area contributed by atoms with E-state index in [0.29, 0.717) is 84.8 Å². The molecule has 19 heteroatoms. The second kappa shape index (κ2) is 19.3. The molecule has 3 aromatic carbocycles. The number of nitrogens with zero attached hydrogens (tertiary/aromatic N) is 7. The lowest BCUT2D eigenvalue weighted by atomic mass is 9.93. The summed E-state index contributed by atoms with van der Waals surface area (Å²) in [5.41, 5.74) is 2.13. The fourth-order valence-corrected chi connectivity index (χ4v) is 12.8. The van der Waals surface area contributed by atoms with Gasteiger partial charge in [-0.05, 0) is 93.4 Å². The number of imide groups is 2. The third-order valence-electron chi connectivity index (χ3n) is 16.6. The fourth-order valence-electron chi connectivity index (χ4n) is 12.8. The predicted octanol–water partition coefficient (Wildman–Crippen LogP) is 6.34. The molecule has 3 N–H and O–H groups in total. The van der Waals surface area contributed by atoms with Crippen molar-refractivity contribution >= 4 is 62.9 Å². The van der Waals surface area contributed by atoms with Crippen LogP contribution in [0.15, 0.2) is 66.9 Å². The lowest BCUT2D eigenvalue weighted by molar-refractivity contribution is -0.136. The first kappa shape index (κ1) is 48.4. The summed E-state index contributed by atoms with van der Waals surface area (Å²) in [5.74, 6) is -0.0792. The van der Waals surface area contributed by atoms with Crippen LogP contribution in [0.4, 0.5) is 25.1 Å². The van der Waals surface area contributed by atoms with E-state index in [2.05, 4.69) is 43.2 Å². The molecule has 9 heterocycles. The van der Waals surface area contributed by atoms with Crippen molar-refractivity contribution in [2.24, 2.45) is 5.92 Å². The first-order valence-electron chi connectivity index (χ1n) is 26.0. The molecule has 3 unspecified atom stereocenters. The van der Waals surface area contributed by atoms with Gasteiger partial charge in [0.05, 0.1) is 27.6 Å². The number of aromatic nitrogens is 3. The van der Waals surface area contributed by atoms with E-state index in [-0.39, 0.29) is 84.2 Å². The van der Waals surface area contributed by atoms with Crippen molar-refractivity contribution in [2.75, 3.05) is 62.7 Å². The van der Waals surface area contributed by atoms with Gasteiger partial charge in [0.2, 0.25) is 11.8 Å². The van der Waals surface area contributed by atoms with E-state index >= 15 is 8.78 Å². The molecule has 0 spiro atoms. The molecule has 2 bridgehead atoms. The fraction of sp³-hybridized carbons (Fsp3) is 0.429. The zero-order chi connectivity index (χ0) is 51.7. The third kappa shape index (κ3) is 8.76. The van der Waals surface area contributed by atoms with Gasteiger partial charge in [-0.2, -0.15) is 9.97 Å². The molecule has 0 saturated carbocycles. The maximum atomic E-state index is 17.2. The van der Waals surface area contributed by atoms with E-state index in [1.807, 2.05) is 0 Å². The normalized spacial score (nSPS) is 24.8. The van der Waals surface area contributed by atoms with Crippen molar-refractivity contribution in [2.45, 2.75) is 93.9 Å². The number of carbonyl (C=O) groups is 5. The average molecular weight is 1020 g/mol. The zero-order valence-corrected chi connectivity index (χ0v) is 41.3. The van der Waals surface area contributed by atoms with Crippen LogP contribution in [0.3, 0.4) is 0 Å². The van der Waals surface area contributed by atoms with Gasteiger partial charge in [-0.3, -0.25) is 39.3 Å². The number of piperazine rings is 1.